The van der Waals surface area contributed by atoms with Crippen molar-refractivity contribution in [2.75, 3.05) is 4.31 Å². The van der Waals surface area contributed by atoms with Gasteiger partial charge in [-0.3, -0.25) is 4.79 Å². The van der Waals surface area contributed by atoms with Crippen molar-refractivity contribution in [1.82, 2.24) is 0 Å². The third-order valence-electron chi connectivity index (χ3n) is 4.22. The maximum Gasteiger partial charge on any atom is 0.273 e. The maximum atomic E-state index is 13.5. The van der Waals surface area contributed by atoms with Gasteiger partial charge < -0.3 is 0 Å². The Bertz CT molecular complexity index is 1140. The van der Waals surface area contributed by atoms with Crippen LogP contribution in [0.1, 0.15) is 21.5 Å². The van der Waals surface area contributed by atoms with E-state index in [1.807, 2.05) is 35.6 Å². The van der Waals surface area contributed by atoms with Crippen LogP contribution in [0.2, 0.25) is 5.02 Å². The summed E-state index contributed by atoms with van der Waals surface area (Å²) in [5.41, 5.74) is 2.19. The van der Waals surface area contributed by atoms with Crippen LogP contribution in [0.25, 0.3) is 0 Å². The van der Waals surface area contributed by atoms with Crippen LogP contribution < -0.4 is 4.31 Å². The summed E-state index contributed by atoms with van der Waals surface area (Å²) in [6, 6.07) is 18.1. The fourth-order valence-corrected chi connectivity index (χ4v) is 4.95. The van der Waals surface area contributed by atoms with E-state index < -0.39 is 15.9 Å². The van der Waals surface area contributed by atoms with Gasteiger partial charge in [0.05, 0.1) is 16.1 Å². The number of anilines is 1. The fraction of sp³-hybridized carbons (Fsp3) is 0.0952. The summed E-state index contributed by atoms with van der Waals surface area (Å²) in [4.78, 5) is 13.4. The molecule has 0 N–H and O–H groups in total. The zero-order valence-corrected chi connectivity index (χ0v) is 18.9. The van der Waals surface area contributed by atoms with E-state index in [1.165, 1.54) is 24.3 Å². The van der Waals surface area contributed by atoms with Crippen molar-refractivity contribution in [3.05, 3.63) is 92.0 Å². The molecule has 0 atom stereocenters. The topological polar surface area (TPSA) is 54.5 Å². The number of hydrogen-bond donors (Lipinski definition) is 0. The molecule has 0 fully saturated rings. The van der Waals surface area contributed by atoms with Gasteiger partial charge in [0.15, 0.2) is 0 Å². The molecule has 1 amide bonds. The van der Waals surface area contributed by atoms with Crippen LogP contribution in [-0.4, -0.2) is 14.3 Å². The van der Waals surface area contributed by atoms with Crippen molar-refractivity contribution in [2.24, 2.45) is 0 Å². The summed E-state index contributed by atoms with van der Waals surface area (Å²) < 4.78 is 28.5. The minimum Gasteiger partial charge on any atom is -0.268 e. The van der Waals surface area contributed by atoms with E-state index in [9.17, 15) is 13.2 Å². The van der Waals surface area contributed by atoms with Gasteiger partial charge in [-0.2, -0.15) is 4.31 Å². The van der Waals surface area contributed by atoms with E-state index in [1.54, 1.807) is 43.3 Å². The second kappa shape index (κ2) is 8.23. The number of carbonyl (C=O) groups is 1. The van der Waals surface area contributed by atoms with Crippen LogP contribution in [0.5, 0.6) is 0 Å². The predicted octanol–water partition coefficient (Wildman–Crippen LogP) is 5.60. The standard InChI is InChI=1S/C21H17ClINO3S/c1-14-7-8-15(2)20(13-14)24(21(25)18-5-3-4-6-19(18)23)28(26,27)17-11-9-16(22)10-12-17/h3-13H,1-2H3. The maximum absolute atomic E-state index is 13.5. The molecule has 0 aliphatic carbocycles. The predicted molar refractivity (Wildman–Crippen MR) is 121 cm³/mol. The summed E-state index contributed by atoms with van der Waals surface area (Å²) in [6.07, 6.45) is 0. The van der Waals surface area contributed by atoms with Crippen molar-refractivity contribution in [1.29, 1.82) is 0 Å². The van der Waals surface area contributed by atoms with E-state index >= 15 is 0 Å². The van der Waals surface area contributed by atoms with Gasteiger partial charge in [-0.05, 0) is 90.0 Å². The van der Waals surface area contributed by atoms with Crippen LogP contribution in [0.4, 0.5) is 5.69 Å². The molecule has 3 rings (SSSR count). The highest BCUT2D eigenvalue weighted by Crippen LogP contribution is 2.31. The Labute approximate surface area is 183 Å². The van der Waals surface area contributed by atoms with Crippen LogP contribution >= 0.6 is 34.2 Å². The Balaban J connectivity index is 2.26. The van der Waals surface area contributed by atoms with Crippen LogP contribution in [0.3, 0.4) is 0 Å². The number of rotatable bonds is 4. The Morgan fingerprint density at radius 1 is 0.964 bits per heavy atom. The first kappa shape index (κ1) is 20.8. The number of nitrogens with zero attached hydrogens (tertiary/aromatic N) is 1. The molecule has 7 heteroatoms. The molecule has 0 heterocycles. The first-order valence-electron chi connectivity index (χ1n) is 8.39. The minimum atomic E-state index is -4.15. The largest absolute Gasteiger partial charge is 0.273 e. The molecule has 0 bridgehead atoms. The fourth-order valence-electron chi connectivity index (χ4n) is 2.74. The molecule has 0 unspecified atom stereocenters. The molecule has 0 aliphatic rings. The zero-order valence-electron chi connectivity index (χ0n) is 15.2. The lowest BCUT2D eigenvalue weighted by Crippen LogP contribution is -2.38. The number of hydrogen-bond acceptors (Lipinski definition) is 3. The van der Waals surface area contributed by atoms with Crippen molar-refractivity contribution in [3.63, 3.8) is 0 Å². The quantitative estimate of drug-likeness (QED) is 0.417. The number of halogens is 2. The van der Waals surface area contributed by atoms with Gasteiger partial charge >= 0.3 is 0 Å². The lowest BCUT2D eigenvalue weighted by Gasteiger charge is -2.25. The monoisotopic (exact) mass is 525 g/mol. The second-order valence-corrected chi connectivity index (χ2v) is 9.68. The Kier molecular flexibility index (Phi) is 6.12. The number of amides is 1. The highest BCUT2D eigenvalue weighted by molar-refractivity contribution is 14.1. The lowest BCUT2D eigenvalue weighted by atomic mass is 10.1. The van der Waals surface area contributed by atoms with Crippen LogP contribution in [-0.2, 0) is 10.0 Å². The van der Waals surface area contributed by atoms with Gasteiger partial charge in [-0.1, -0.05) is 35.9 Å². The van der Waals surface area contributed by atoms with Gasteiger partial charge in [0, 0.05) is 8.59 Å². The molecule has 3 aromatic carbocycles. The third kappa shape index (κ3) is 4.09. The lowest BCUT2D eigenvalue weighted by molar-refractivity contribution is 0.100. The third-order valence-corrected chi connectivity index (χ3v) is 7.13. The van der Waals surface area contributed by atoms with Gasteiger partial charge in [0.25, 0.3) is 15.9 Å². The van der Waals surface area contributed by atoms with Gasteiger partial charge in [0.2, 0.25) is 0 Å². The highest BCUT2D eigenvalue weighted by atomic mass is 127. The minimum absolute atomic E-state index is 0.00269. The average molecular weight is 526 g/mol. The van der Waals surface area contributed by atoms with Gasteiger partial charge in [-0.15, -0.1) is 0 Å². The number of benzene rings is 3. The average Bonchev–Trinajstić information content (AvgIpc) is 2.65. The zero-order chi connectivity index (χ0) is 20.5. The smallest absolute Gasteiger partial charge is 0.268 e. The molecule has 0 saturated heterocycles. The van der Waals surface area contributed by atoms with E-state index in [2.05, 4.69) is 0 Å². The van der Waals surface area contributed by atoms with E-state index in [4.69, 9.17) is 11.6 Å². The molecule has 4 nitrogen and oxygen atoms in total. The molecular formula is C21H17ClINO3S. The molecule has 144 valence electrons. The second-order valence-electron chi connectivity index (χ2n) is 6.30. The van der Waals surface area contributed by atoms with Crippen molar-refractivity contribution < 1.29 is 13.2 Å². The molecule has 3 aromatic rings. The number of sulfonamides is 1. The molecule has 0 radical (unpaired) electrons. The Morgan fingerprint density at radius 3 is 2.25 bits per heavy atom. The summed E-state index contributed by atoms with van der Waals surface area (Å²) in [7, 11) is -4.15. The number of aryl methyl sites for hydroxylation is 2. The Hall–Kier alpha value is -1.90. The normalized spacial score (nSPS) is 11.3. The van der Waals surface area contributed by atoms with E-state index in [0.717, 1.165) is 9.87 Å². The van der Waals surface area contributed by atoms with Crippen LogP contribution in [0, 0.1) is 17.4 Å². The summed E-state index contributed by atoms with van der Waals surface area (Å²) in [5, 5.41) is 0.418. The van der Waals surface area contributed by atoms with Gasteiger partial charge in [0.1, 0.15) is 0 Å². The molecule has 0 spiro atoms. The molecular weight excluding hydrogens is 509 g/mol. The van der Waals surface area contributed by atoms with Crippen molar-refractivity contribution in [3.8, 4) is 0 Å². The SMILES string of the molecule is Cc1ccc(C)c(N(C(=O)c2ccccc2I)S(=O)(=O)c2ccc(Cl)cc2)c1. The summed E-state index contributed by atoms with van der Waals surface area (Å²) >= 11 is 7.94. The first-order valence-corrected chi connectivity index (χ1v) is 11.3. The van der Waals surface area contributed by atoms with Crippen molar-refractivity contribution >= 4 is 55.8 Å². The molecule has 0 aromatic heterocycles. The summed E-state index contributed by atoms with van der Waals surface area (Å²) in [5.74, 6) is -0.603. The Morgan fingerprint density at radius 2 is 1.61 bits per heavy atom. The summed E-state index contributed by atoms with van der Waals surface area (Å²) in [6.45, 7) is 3.63. The van der Waals surface area contributed by atoms with Crippen LogP contribution in [0.15, 0.2) is 71.6 Å². The molecule has 0 aliphatic heterocycles. The number of carbonyl (C=O) groups excluding carboxylic acids is 1. The van der Waals surface area contributed by atoms with E-state index in [-0.39, 0.29) is 4.90 Å². The van der Waals surface area contributed by atoms with Crippen molar-refractivity contribution in [2.45, 2.75) is 18.7 Å². The molecule has 0 saturated carbocycles. The molecule has 28 heavy (non-hydrogen) atoms. The first-order chi connectivity index (χ1) is 13.2. The van der Waals surface area contributed by atoms with Gasteiger partial charge in [-0.25, -0.2) is 8.42 Å². The van der Waals surface area contributed by atoms with E-state index in [0.29, 0.717) is 25.4 Å². The highest BCUT2D eigenvalue weighted by Gasteiger charge is 2.33.